The van der Waals surface area contributed by atoms with Gasteiger partial charge in [0.15, 0.2) is 0 Å². The van der Waals surface area contributed by atoms with Gasteiger partial charge in [0, 0.05) is 12.7 Å². The van der Waals surface area contributed by atoms with Crippen molar-refractivity contribution in [3.8, 4) is 0 Å². The van der Waals surface area contributed by atoms with Gasteiger partial charge in [-0.25, -0.2) is 0 Å². The third-order valence-electron chi connectivity index (χ3n) is 3.76. The van der Waals surface area contributed by atoms with Gasteiger partial charge in [-0.05, 0) is 49.3 Å². The first-order valence-electron chi connectivity index (χ1n) is 6.07. The summed E-state index contributed by atoms with van der Waals surface area (Å²) in [6.45, 7) is 1.95. The van der Waals surface area contributed by atoms with Gasteiger partial charge in [0.05, 0.1) is 5.69 Å². The van der Waals surface area contributed by atoms with E-state index in [0.29, 0.717) is 0 Å². The Morgan fingerprint density at radius 1 is 1.31 bits per heavy atom. The average molecular weight is 215 g/mol. The second kappa shape index (κ2) is 4.34. The maximum atomic E-state index is 4.06. The van der Waals surface area contributed by atoms with E-state index in [0.717, 1.165) is 36.5 Å². The number of hydrogen-bond acceptors (Lipinski definition) is 3. The van der Waals surface area contributed by atoms with E-state index in [1.807, 2.05) is 12.1 Å². The van der Waals surface area contributed by atoms with Gasteiger partial charge in [-0.15, -0.1) is 0 Å². The molecule has 1 heterocycles. The highest BCUT2D eigenvalue weighted by Crippen LogP contribution is 2.42. The molecule has 0 spiro atoms. The van der Waals surface area contributed by atoms with Crippen LogP contribution in [0.15, 0.2) is 30.5 Å². The predicted molar refractivity (Wildman–Crippen MR) is 62.6 cm³/mol. The number of allylic oxidation sites excluding steroid dienone is 2. The van der Waals surface area contributed by atoms with Crippen LogP contribution in [0.25, 0.3) is 0 Å². The molecule has 3 rings (SSSR count). The van der Waals surface area contributed by atoms with E-state index < -0.39 is 0 Å². The average Bonchev–Trinajstić information content (AvgIpc) is 2.92. The third-order valence-corrected chi connectivity index (χ3v) is 3.76. The van der Waals surface area contributed by atoms with Crippen molar-refractivity contribution in [1.82, 2.24) is 15.5 Å². The van der Waals surface area contributed by atoms with Gasteiger partial charge in [-0.2, -0.15) is 10.2 Å². The largest absolute Gasteiger partial charge is 0.311 e. The highest BCUT2D eigenvalue weighted by atomic mass is 15.1. The van der Waals surface area contributed by atoms with Crippen LogP contribution in [0.5, 0.6) is 0 Å². The molecule has 0 amide bonds. The van der Waals surface area contributed by atoms with E-state index >= 15 is 0 Å². The van der Waals surface area contributed by atoms with Crippen molar-refractivity contribution >= 4 is 0 Å². The van der Waals surface area contributed by atoms with Crippen LogP contribution in [-0.4, -0.2) is 16.7 Å². The molecule has 0 aliphatic heterocycles. The minimum absolute atomic E-state index is 0.833. The molecule has 1 fully saturated rings. The molecule has 0 radical (unpaired) electrons. The van der Waals surface area contributed by atoms with Crippen LogP contribution < -0.4 is 5.32 Å². The van der Waals surface area contributed by atoms with Crippen molar-refractivity contribution in [3.05, 3.63) is 36.2 Å². The van der Waals surface area contributed by atoms with Crippen molar-refractivity contribution in [3.63, 3.8) is 0 Å². The number of aromatic nitrogens is 2. The quantitative estimate of drug-likeness (QED) is 0.778. The molecule has 2 aliphatic rings. The Labute approximate surface area is 96.0 Å². The van der Waals surface area contributed by atoms with Gasteiger partial charge in [0.25, 0.3) is 0 Å². The number of fused-ring (bicyclic) bond motifs is 2. The first-order valence-corrected chi connectivity index (χ1v) is 6.07. The van der Waals surface area contributed by atoms with Crippen LogP contribution in [0.1, 0.15) is 18.5 Å². The maximum absolute atomic E-state index is 4.06. The van der Waals surface area contributed by atoms with Gasteiger partial charge >= 0.3 is 0 Å². The minimum Gasteiger partial charge on any atom is -0.311 e. The summed E-state index contributed by atoms with van der Waals surface area (Å²) < 4.78 is 0. The van der Waals surface area contributed by atoms with Gasteiger partial charge in [-0.1, -0.05) is 12.2 Å². The zero-order valence-electron chi connectivity index (χ0n) is 9.34. The van der Waals surface area contributed by atoms with E-state index in [1.54, 1.807) is 6.20 Å². The van der Waals surface area contributed by atoms with Crippen molar-refractivity contribution < 1.29 is 0 Å². The summed E-state index contributed by atoms with van der Waals surface area (Å²) in [6, 6.07) is 3.95. The standard InChI is InChI=1S/C13H17N3/c1-2-13(16-15-5-1)9-14-8-12-7-10-3-4-11(12)6-10/h1-5,10-12,14H,6-9H2. The van der Waals surface area contributed by atoms with Crippen molar-refractivity contribution in [2.45, 2.75) is 19.4 Å². The van der Waals surface area contributed by atoms with Gasteiger partial charge in [0.2, 0.25) is 0 Å². The zero-order chi connectivity index (χ0) is 10.8. The SMILES string of the molecule is C1=CC2CC1CC2CNCc1cccnn1. The fourth-order valence-electron chi connectivity index (χ4n) is 2.94. The lowest BCUT2D eigenvalue weighted by atomic mass is 9.94. The van der Waals surface area contributed by atoms with Crippen LogP contribution >= 0.6 is 0 Å². The molecule has 3 unspecified atom stereocenters. The minimum atomic E-state index is 0.833. The fourth-order valence-corrected chi connectivity index (χ4v) is 2.94. The third kappa shape index (κ3) is 2.00. The molecule has 0 aromatic carbocycles. The first-order chi connectivity index (χ1) is 7.92. The summed E-state index contributed by atoms with van der Waals surface area (Å²) in [5.74, 6) is 2.54. The molecule has 3 atom stereocenters. The Kier molecular flexibility index (Phi) is 2.70. The summed E-state index contributed by atoms with van der Waals surface area (Å²) in [5, 5.41) is 11.4. The van der Waals surface area contributed by atoms with Crippen LogP contribution in [0, 0.1) is 17.8 Å². The lowest BCUT2D eigenvalue weighted by Crippen LogP contribution is -2.25. The topological polar surface area (TPSA) is 37.8 Å². The molecular formula is C13H17N3. The normalized spacial score (nSPS) is 31.1. The van der Waals surface area contributed by atoms with Gasteiger partial charge in [-0.3, -0.25) is 0 Å². The highest BCUT2D eigenvalue weighted by Gasteiger charge is 2.34. The molecular weight excluding hydrogens is 198 g/mol. The van der Waals surface area contributed by atoms with Crippen molar-refractivity contribution in [2.24, 2.45) is 17.8 Å². The van der Waals surface area contributed by atoms with E-state index in [1.165, 1.54) is 12.8 Å². The predicted octanol–water partition coefficient (Wildman–Crippen LogP) is 1.78. The summed E-state index contributed by atoms with van der Waals surface area (Å²) >= 11 is 0. The van der Waals surface area contributed by atoms with E-state index in [2.05, 4.69) is 27.7 Å². The Morgan fingerprint density at radius 3 is 3.00 bits per heavy atom. The summed E-state index contributed by atoms with van der Waals surface area (Å²) in [7, 11) is 0. The van der Waals surface area contributed by atoms with E-state index in [4.69, 9.17) is 0 Å². The lowest BCUT2D eigenvalue weighted by Gasteiger charge is -2.18. The Hall–Kier alpha value is -1.22. The van der Waals surface area contributed by atoms with Crippen LogP contribution in [0.3, 0.4) is 0 Å². The summed E-state index contributed by atoms with van der Waals surface area (Å²) in [5.41, 5.74) is 1.03. The van der Waals surface area contributed by atoms with Gasteiger partial charge < -0.3 is 5.32 Å². The molecule has 1 N–H and O–H groups in total. The van der Waals surface area contributed by atoms with Crippen LogP contribution in [-0.2, 0) is 6.54 Å². The molecule has 0 saturated heterocycles. The Balaban J connectivity index is 1.46. The van der Waals surface area contributed by atoms with Crippen LogP contribution in [0.4, 0.5) is 0 Å². The molecule has 16 heavy (non-hydrogen) atoms. The lowest BCUT2D eigenvalue weighted by molar-refractivity contribution is 0.412. The number of nitrogens with one attached hydrogen (secondary N) is 1. The fraction of sp³-hybridized carbons (Fsp3) is 0.538. The molecule has 1 aromatic rings. The number of rotatable bonds is 4. The van der Waals surface area contributed by atoms with Crippen molar-refractivity contribution in [1.29, 1.82) is 0 Å². The van der Waals surface area contributed by atoms with E-state index in [9.17, 15) is 0 Å². The number of nitrogens with zero attached hydrogens (tertiary/aromatic N) is 2. The molecule has 2 bridgehead atoms. The number of hydrogen-bond donors (Lipinski definition) is 1. The highest BCUT2D eigenvalue weighted by molar-refractivity contribution is 5.10. The van der Waals surface area contributed by atoms with E-state index in [-0.39, 0.29) is 0 Å². The van der Waals surface area contributed by atoms with Crippen LogP contribution in [0.2, 0.25) is 0 Å². The Bertz CT molecular complexity index is 374. The molecule has 3 nitrogen and oxygen atoms in total. The molecule has 3 heteroatoms. The van der Waals surface area contributed by atoms with Gasteiger partial charge in [0.1, 0.15) is 0 Å². The molecule has 2 aliphatic carbocycles. The Morgan fingerprint density at radius 2 is 2.31 bits per heavy atom. The maximum Gasteiger partial charge on any atom is 0.0768 e. The van der Waals surface area contributed by atoms with Crippen molar-refractivity contribution in [2.75, 3.05) is 6.54 Å². The smallest absolute Gasteiger partial charge is 0.0768 e. The zero-order valence-corrected chi connectivity index (χ0v) is 9.34. The monoisotopic (exact) mass is 215 g/mol. The molecule has 1 saturated carbocycles. The molecule has 84 valence electrons. The summed E-state index contributed by atoms with van der Waals surface area (Å²) in [6.07, 6.45) is 9.27. The summed E-state index contributed by atoms with van der Waals surface area (Å²) in [4.78, 5) is 0. The molecule has 1 aromatic heterocycles. The second-order valence-electron chi connectivity index (χ2n) is 4.89. The second-order valence-corrected chi connectivity index (χ2v) is 4.89. The first kappa shape index (κ1) is 9.97.